The third-order valence-corrected chi connectivity index (χ3v) is 2.48. The van der Waals surface area contributed by atoms with Gasteiger partial charge in [-0.2, -0.15) is 5.26 Å². The molecule has 1 aliphatic heterocycles. The molecule has 82 valence electrons. The van der Waals surface area contributed by atoms with Crippen LogP contribution in [-0.2, 0) is 11.3 Å². The molecule has 2 rings (SSSR count). The zero-order valence-electron chi connectivity index (χ0n) is 8.67. The molecule has 0 radical (unpaired) electrons. The number of ether oxygens (including phenoxy) is 1. The summed E-state index contributed by atoms with van der Waals surface area (Å²) < 4.78 is 4.92. The van der Waals surface area contributed by atoms with Crippen LogP contribution in [0.25, 0.3) is 0 Å². The summed E-state index contributed by atoms with van der Waals surface area (Å²) in [6, 6.07) is 5.35. The monoisotopic (exact) mass is 217 g/mol. The van der Waals surface area contributed by atoms with Gasteiger partial charge < -0.3 is 4.74 Å². The van der Waals surface area contributed by atoms with E-state index >= 15 is 0 Å². The van der Waals surface area contributed by atoms with E-state index in [-0.39, 0.29) is 0 Å². The van der Waals surface area contributed by atoms with Crippen molar-refractivity contribution in [3.63, 3.8) is 0 Å². The standard InChI is InChI=1S/C11H11N3O2/c12-7-10-3-6-16-11(15)14(10)8-9-1-4-13-5-2-9/h1-2,4-5,10H,3,6,8H2. The van der Waals surface area contributed by atoms with E-state index in [1.165, 1.54) is 4.90 Å². The molecule has 2 heterocycles. The van der Waals surface area contributed by atoms with Gasteiger partial charge in [0.05, 0.1) is 19.2 Å². The highest BCUT2D eigenvalue weighted by Crippen LogP contribution is 2.16. The highest BCUT2D eigenvalue weighted by Gasteiger charge is 2.29. The molecular formula is C11H11N3O2. The van der Waals surface area contributed by atoms with Crippen molar-refractivity contribution < 1.29 is 9.53 Å². The number of hydrogen-bond donors (Lipinski definition) is 0. The third kappa shape index (κ3) is 2.11. The number of nitrogens with zero attached hydrogens (tertiary/aromatic N) is 3. The van der Waals surface area contributed by atoms with Crippen LogP contribution < -0.4 is 0 Å². The van der Waals surface area contributed by atoms with Crippen LogP contribution in [0.2, 0.25) is 0 Å². The smallest absolute Gasteiger partial charge is 0.411 e. The van der Waals surface area contributed by atoms with E-state index in [9.17, 15) is 4.79 Å². The van der Waals surface area contributed by atoms with Gasteiger partial charge in [0.25, 0.3) is 0 Å². The minimum Gasteiger partial charge on any atom is -0.449 e. The van der Waals surface area contributed by atoms with Crippen LogP contribution in [0.15, 0.2) is 24.5 Å². The van der Waals surface area contributed by atoms with Crippen molar-refractivity contribution in [2.75, 3.05) is 6.61 Å². The first-order valence-corrected chi connectivity index (χ1v) is 5.03. The number of cyclic esters (lactones) is 1. The molecule has 1 aliphatic rings. The van der Waals surface area contributed by atoms with Gasteiger partial charge in [0.2, 0.25) is 0 Å². The molecule has 1 aromatic heterocycles. The fourth-order valence-corrected chi connectivity index (χ4v) is 1.62. The van der Waals surface area contributed by atoms with E-state index in [1.54, 1.807) is 12.4 Å². The summed E-state index contributed by atoms with van der Waals surface area (Å²) in [5.74, 6) is 0. The average Bonchev–Trinajstić information content (AvgIpc) is 2.33. The predicted octanol–water partition coefficient (Wildman–Crippen LogP) is 1.32. The number of rotatable bonds is 2. The first-order valence-electron chi connectivity index (χ1n) is 5.03. The molecule has 0 aromatic carbocycles. The molecule has 1 atom stereocenters. The van der Waals surface area contributed by atoms with Crippen LogP contribution >= 0.6 is 0 Å². The van der Waals surface area contributed by atoms with Gasteiger partial charge in [-0.1, -0.05) is 0 Å². The van der Waals surface area contributed by atoms with Crippen molar-refractivity contribution >= 4 is 6.09 Å². The normalized spacial score (nSPS) is 20.1. The summed E-state index contributed by atoms with van der Waals surface area (Å²) in [7, 11) is 0. The van der Waals surface area contributed by atoms with Gasteiger partial charge in [0.15, 0.2) is 0 Å². The highest BCUT2D eigenvalue weighted by atomic mass is 16.6. The Morgan fingerprint density at radius 2 is 2.31 bits per heavy atom. The average molecular weight is 217 g/mol. The predicted molar refractivity (Wildman–Crippen MR) is 55.1 cm³/mol. The van der Waals surface area contributed by atoms with Crippen LogP contribution in [0.4, 0.5) is 4.79 Å². The Morgan fingerprint density at radius 3 is 3.00 bits per heavy atom. The van der Waals surface area contributed by atoms with Gasteiger partial charge in [-0.05, 0) is 17.7 Å². The van der Waals surface area contributed by atoms with Crippen LogP contribution in [0.3, 0.4) is 0 Å². The molecule has 1 aromatic rings. The second kappa shape index (κ2) is 4.62. The molecule has 0 aliphatic carbocycles. The molecule has 0 N–H and O–H groups in total. The Labute approximate surface area is 93.3 Å². The molecule has 1 unspecified atom stereocenters. The lowest BCUT2D eigenvalue weighted by molar-refractivity contribution is 0.0545. The van der Waals surface area contributed by atoms with E-state index in [1.807, 2.05) is 12.1 Å². The topological polar surface area (TPSA) is 66.2 Å². The van der Waals surface area contributed by atoms with Gasteiger partial charge in [0, 0.05) is 18.8 Å². The van der Waals surface area contributed by atoms with Crippen LogP contribution in [-0.4, -0.2) is 28.6 Å². The molecule has 1 saturated heterocycles. The van der Waals surface area contributed by atoms with Crippen LogP contribution in [0.1, 0.15) is 12.0 Å². The molecule has 1 fully saturated rings. The zero-order valence-corrected chi connectivity index (χ0v) is 8.67. The van der Waals surface area contributed by atoms with Crippen molar-refractivity contribution in [1.29, 1.82) is 5.26 Å². The highest BCUT2D eigenvalue weighted by molar-refractivity contribution is 5.69. The zero-order chi connectivity index (χ0) is 11.4. The summed E-state index contributed by atoms with van der Waals surface area (Å²) in [5, 5.41) is 8.95. The number of carbonyl (C=O) groups excluding carboxylic acids is 1. The van der Waals surface area contributed by atoms with E-state index in [0.717, 1.165) is 5.56 Å². The van der Waals surface area contributed by atoms with Crippen molar-refractivity contribution in [1.82, 2.24) is 9.88 Å². The Balaban J connectivity index is 2.12. The number of aromatic nitrogens is 1. The Morgan fingerprint density at radius 1 is 1.56 bits per heavy atom. The van der Waals surface area contributed by atoms with E-state index in [4.69, 9.17) is 10.00 Å². The third-order valence-electron chi connectivity index (χ3n) is 2.48. The van der Waals surface area contributed by atoms with Crippen molar-refractivity contribution in [3.8, 4) is 6.07 Å². The number of carbonyl (C=O) groups is 1. The molecule has 0 bridgehead atoms. The van der Waals surface area contributed by atoms with Gasteiger partial charge in [0.1, 0.15) is 6.04 Å². The lowest BCUT2D eigenvalue weighted by Gasteiger charge is -2.30. The van der Waals surface area contributed by atoms with Gasteiger partial charge >= 0.3 is 6.09 Å². The lowest BCUT2D eigenvalue weighted by atomic mass is 10.1. The number of pyridine rings is 1. The second-order valence-electron chi connectivity index (χ2n) is 3.53. The molecule has 16 heavy (non-hydrogen) atoms. The maximum absolute atomic E-state index is 11.5. The first kappa shape index (κ1) is 10.4. The summed E-state index contributed by atoms with van der Waals surface area (Å²) in [4.78, 5) is 16.8. The van der Waals surface area contributed by atoms with E-state index < -0.39 is 12.1 Å². The largest absolute Gasteiger partial charge is 0.449 e. The molecule has 0 spiro atoms. The van der Waals surface area contributed by atoms with Crippen molar-refractivity contribution in [3.05, 3.63) is 30.1 Å². The summed E-state index contributed by atoms with van der Waals surface area (Å²) in [6.45, 7) is 0.712. The van der Waals surface area contributed by atoms with Gasteiger partial charge in [-0.15, -0.1) is 0 Å². The summed E-state index contributed by atoms with van der Waals surface area (Å²) >= 11 is 0. The SMILES string of the molecule is N#CC1CCOC(=O)N1Cc1ccncc1. The number of nitriles is 1. The van der Waals surface area contributed by atoms with E-state index in [0.29, 0.717) is 19.6 Å². The fraction of sp³-hybridized carbons (Fsp3) is 0.364. The lowest BCUT2D eigenvalue weighted by Crippen LogP contribution is -2.44. The molecule has 1 amide bonds. The minimum absolute atomic E-state index is 0.323. The van der Waals surface area contributed by atoms with Crippen molar-refractivity contribution in [2.45, 2.75) is 19.0 Å². The van der Waals surface area contributed by atoms with Gasteiger partial charge in [-0.25, -0.2) is 4.79 Å². The maximum Gasteiger partial charge on any atom is 0.411 e. The summed E-state index contributed by atoms with van der Waals surface area (Å²) in [6.07, 6.45) is 3.46. The van der Waals surface area contributed by atoms with Crippen molar-refractivity contribution in [2.24, 2.45) is 0 Å². The summed E-state index contributed by atoms with van der Waals surface area (Å²) in [5.41, 5.74) is 0.939. The second-order valence-corrected chi connectivity index (χ2v) is 3.53. The first-order chi connectivity index (χ1) is 7.81. The minimum atomic E-state index is -0.422. The van der Waals surface area contributed by atoms with Gasteiger partial charge in [-0.3, -0.25) is 9.88 Å². The van der Waals surface area contributed by atoms with Crippen LogP contribution in [0, 0.1) is 11.3 Å². The Kier molecular flexibility index (Phi) is 3.01. The fourth-order valence-electron chi connectivity index (χ4n) is 1.62. The maximum atomic E-state index is 11.5. The number of hydrogen-bond acceptors (Lipinski definition) is 4. The Hall–Kier alpha value is -2.09. The van der Waals surface area contributed by atoms with Crippen LogP contribution in [0.5, 0.6) is 0 Å². The molecular weight excluding hydrogens is 206 g/mol. The molecule has 5 heteroatoms. The number of amides is 1. The Bertz CT molecular complexity index is 413. The quantitative estimate of drug-likeness (QED) is 0.749. The molecule has 5 nitrogen and oxygen atoms in total. The van der Waals surface area contributed by atoms with E-state index in [2.05, 4.69) is 11.1 Å². The molecule has 0 saturated carbocycles.